The first kappa shape index (κ1) is 37.2. The summed E-state index contributed by atoms with van der Waals surface area (Å²) < 4.78 is 11.9. The molecule has 4 nitrogen and oxygen atoms in total. The zero-order valence-corrected chi connectivity index (χ0v) is 33.7. The second-order valence-corrected chi connectivity index (χ2v) is 17.3. The molecule has 0 bridgehead atoms. The van der Waals surface area contributed by atoms with Gasteiger partial charge in [0.1, 0.15) is 25.5 Å². The van der Waals surface area contributed by atoms with Crippen LogP contribution in [0, 0.1) is 5.41 Å². The van der Waals surface area contributed by atoms with Crippen LogP contribution >= 0.6 is 23.2 Å². The molecule has 6 heteroatoms. The fourth-order valence-corrected chi connectivity index (χ4v) is 8.60. The fraction of sp³-hybridized carbons (Fsp3) is 0.422. The van der Waals surface area contributed by atoms with E-state index in [0.29, 0.717) is 0 Å². The van der Waals surface area contributed by atoms with Crippen LogP contribution in [-0.2, 0) is 22.6 Å². The van der Waals surface area contributed by atoms with Crippen LogP contribution < -0.4 is 9.47 Å². The Kier molecular flexibility index (Phi) is 10.3. The summed E-state index contributed by atoms with van der Waals surface area (Å²) in [6.45, 7) is 22.3. The molecule has 0 saturated carbocycles. The number of rotatable bonds is 8. The van der Waals surface area contributed by atoms with Crippen LogP contribution in [0.3, 0.4) is 0 Å². The summed E-state index contributed by atoms with van der Waals surface area (Å²) in [5.74, 6) is 1.00. The Bertz CT molecular complexity index is 1990. The van der Waals surface area contributed by atoms with Gasteiger partial charge in [-0.25, -0.2) is 4.57 Å². The van der Waals surface area contributed by atoms with Crippen molar-refractivity contribution in [3.63, 3.8) is 0 Å². The van der Waals surface area contributed by atoms with E-state index in [9.17, 15) is 0 Å². The van der Waals surface area contributed by atoms with Crippen LogP contribution in [0.4, 0.5) is 11.4 Å². The molecule has 1 unspecified atom stereocenters. The number of hydrogen-bond donors (Lipinski definition) is 0. The van der Waals surface area contributed by atoms with Crippen LogP contribution in [0.1, 0.15) is 104 Å². The Hall–Kier alpha value is -3.60. The molecule has 2 aliphatic heterocycles. The van der Waals surface area contributed by atoms with Crippen molar-refractivity contribution in [3.8, 4) is 0 Å². The summed E-state index contributed by atoms with van der Waals surface area (Å²) in [5.41, 5.74) is 10.7. The number of halogens is 2. The van der Waals surface area contributed by atoms with Crippen molar-refractivity contribution in [2.24, 2.45) is 12.5 Å². The number of ether oxygens (including phenoxy) is 1. The first-order valence-corrected chi connectivity index (χ1v) is 19.3. The van der Waals surface area contributed by atoms with E-state index in [1.165, 1.54) is 50.6 Å². The average molecular weight is 725 g/mol. The van der Waals surface area contributed by atoms with Gasteiger partial charge in [0.05, 0.1) is 5.41 Å². The maximum absolute atomic E-state index is 7.35. The second-order valence-electron chi connectivity index (χ2n) is 16.4. The third-order valence-corrected chi connectivity index (χ3v) is 11.5. The molecule has 0 fully saturated rings. The van der Waals surface area contributed by atoms with E-state index in [1.807, 2.05) is 12.1 Å². The first-order chi connectivity index (χ1) is 24.1. The van der Waals surface area contributed by atoms with Crippen molar-refractivity contribution >= 4 is 40.3 Å². The SMILES string of the molecule is CCN1/C(=C/C=C2\CCCC(/C=C/C3=[N+](CC)c4ccc(Cl)cc4C3(C)C)=C2OC(c2cc[n+](C)cc2)C(C)(C)C)C(C)(C)c2cc(Cl)ccc21. The number of aromatic nitrogens is 1. The van der Waals surface area contributed by atoms with Crippen LogP contribution in [0.5, 0.6) is 0 Å². The number of nitrogens with zero attached hydrogens (tertiary/aromatic N) is 3. The first-order valence-electron chi connectivity index (χ1n) is 18.5. The Morgan fingerprint density at radius 3 is 2.18 bits per heavy atom. The lowest BCUT2D eigenvalue weighted by Crippen LogP contribution is -2.28. The quantitative estimate of drug-likeness (QED) is 0.216. The van der Waals surface area contributed by atoms with Crippen LogP contribution in [-0.4, -0.2) is 23.4 Å². The van der Waals surface area contributed by atoms with Gasteiger partial charge in [-0.3, -0.25) is 0 Å². The van der Waals surface area contributed by atoms with E-state index in [4.69, 9.17) is 27.9 Å². The molecule has 268 valence electrons. The number of likely N-dealkylation sites (N-methyl/N-ethyl adjacent to an activating group) is 1. The average Bonchev–Trinajstić information content (AvgIpc) is 3.42. The Balaban J connectivity index is 1.49. The minimum atomic E-state index is -0.185. The molecule has 0 saturated heterocycles. The monoisotopic (exact) mass is 723 g/mol. The molecule has 3 heterocycles. The van der Waals surface area contributed by atoms with Gasteiger partial charge in [0.25, 0.3) is 0 Å². The standard InChI is InChI=1S/C45H55Cl2N3O/c1-11-49-37-20-18-33(46)28-35(37)44(6,7)39(49)22-16-30-14-13-15-31(41(30)51-42(43(3,4)5)32-24-26-48(10)27-25-32)17-23-40-45(8,9)36-29-34(47)19-21-38(36)50(40)12-2/h16-29,42H,11-15H2,1-10H3/q+2. The third-order valence-electron chi connectivity index (χ3n) is 11.0. The molecule has 1 aliphatic carbocycles. The lowest BCUT2D eigenvalue weighted by Gasteiger charge is -2.35. The molecular formula is C45H55Cl2N3O+2. The topological polar surface area (TPSA) is 19.4 Å². The van der Waals surface area contributed by atoms with Crippen molar-refractivity contribution in [3.05, 3.63) is 135 Å². The Morgan fingerprint density at radius 1 is 0.863 bits per heavy atom. The molecule has 0 radical (unpaired) electrons. The summed E-state index contributed by atoms with van der Waals surface area (Å²) in [7, 11) is 2.06. The molecule has 3 aromatic rings. The minimum Gasteiger partial charge on any atom is -0.485 e. The summed E-state index contributed by atoms with van der Waals surface area (Å²) in [6, 6.07) is 17.0. The van der Waals surface area contributed by atoms with Crippen molar-refractivity contribution in [1.29, 1.82) is 0 Å². The van der Waals surface area contributed by atoms with Gasteiger partial charge in [0.15, 0.2) is 18.1 Å². The van der Waals surface area contributed by atoms with E-state index in [-0.39, 0.29) is 22.3 Å². The van der Waals surface area contributed by atoms with E-state index < -0.39 is 0 Å². The van der Waals surface area contributed by atoms with Crippen LogP contribution in [0.25, 0.3) is 0 Å². The van der Waals surface area contributed by atoms with E-state index >= 15 is 0 Å². The number of fused-ring (bicyclic) bond motifs is 2. The highest BCUT2D eigenvalue weighted by Crippen LogP contribution is 2.49. The zero-order valence-electron chi connectivity index (χ0n) is 32.2. The van der Waals surface area contributed by atoms with Gasteiger partial charge in [-0.05, 0) is 106 Å². The van der Waals surface area contributed by atoms with Crippen LogP contribution in [0.15, 0.2) is 108 Å². The Labute approximate surface area is 316 Å². The van der Waals surface area contributed by atoms with Crippen molar-refractivity contribution in [2.45, 2.75) is 98.5 Å². The smallest absolute Gasteiger partial charge is 0.209 e. The maximum atomic E-state index is 7.35. The molecule has 3 aliphatic rings. The van der Waals surface area contributed by atoms with Gasteiger partial charge < -0.3 is 9.64 Å². The summed E-state index contributed by atoms with van der Waals surface area (Å²) in [5, 5.41) is 1.55. The summed E-state index contributed by atoms with van der Waals surface area (Å²) in [4.78, 5) is 2.43. The normalized spacial score (nSPS) is 20.5. The zero-order chi connectivity index (χ0) is 36.9. The van der Waals surface area contributed by atoms with Gasteiger partial charge in [0, 0.05) is 74.2 Å². The fourth-order valence-electron chi connectivity index (χ4n) is 8.26. The molecule has 1 aromatic heterocycles. The number of benzene rings is 2. The lowest BCUT2D eigenvalue weighted by atomic mass is 9.81. The summed E-state index contributed by atoms with van der Waals surface area (Å²) in [6.07, 6.45) is 16.4. The number of aryl methyl sites for hydroxylation is 1. The highest BCUT2D eigenvalue weighted by Gasteiger charge is 2.44. The molecule has 51 heavy (non-hydrogen) atoms. The predicted octanol–water partition coefficient (Wildman–Crippen LogP) is 11.6. The van der Waals surface area contributed by atoms with Gasteiger partial charge in [-0.15, -0.1) is 0 Å². The van der Waals surface area contributed by atoms with Crippen molar-refractivity contribution < 1.29 is 13.9 Å². The molecule has 0 amide bonds. The minimum absolute atomic E-state index is 0.137. The van der Waals surface area contributed by atoms with E-state index in [2.05, 4.69) is 156 Å². The van der Waals surface area contributed by atoms with Gasteiger partial charge in [0.2, 0.25) is 5.69 Å². The van der Waals surface area contributed by atoms with Crippen molar-refractivity contribution in [2.75, 3.05) is 18.0 Å². The maximum Gasteiger partial charge on any atom is 0.209 e. The number of anilines is 1. The highest BCUT2D eigenvalue weighted by molar-refractivity contribution is 6.31. The lowest BCUT2D eigenvalue weighted by molar-refractivity contribution is -0.671. The molecule has 1 atom stereocenters. The largest absolute Gasteiger partial charge is 0.485 e. The third kappa shape index (κ3) is 6.99. The van der Waals surface area contributed by atoms with Gasteiger partial charge in [-0.1, -0.05) is 63.9 Å². The summed E-state index contributed by atoms with van der Waals surface area (Å²) >= 11 is 13.0. The van der Waals surface area contributed by atoms with E-state index in [0.717, 1.165) is 48.2 Å². The molecular weight excluding hydrogens is 669 g/mol. The molecule has 2 aromatic carbocycles. The predicted molar refractivity (Wildman–Crippen MR) is 215 cm³/mol. The molecule has 6 rings (SSSR count). The van der Waals surface area contributed by atoms with Crippen LogP contribution in [0.2, 0.25) is 10.0 Å². The van der Waals surface area contributed by atoms with Gasteiger partial charge in [-0.2, -0.15) is 4.58 Å². The number of allylic oxidation sites excluding steroid dienone is 7. The number of pyridine rings is 1. The van der Waals surface area contributed by atoms with E-state index in [1.54, 1.807) is 0 Å². The number of hydrogen-bond acceptors (Lipinski definition) is 2. The van der Waals surface area contributed by atoms with Crippen molar-refractivity contribution in [1.82, 2.24) is 0 Å². The highest BCUT2D eigenvalue weighted by atomic mass is 35.5. The molecule has 0 N–H and O–H groups in total. The molecule has 0 spiro atoms. The second kappa shape index (κ2) is 14.1. The Morgan fingerprint density at radius 2 is 1.53 bits per heavy atom. The van der Waals surface area contributed by atoms with Gasteiger partial charge >= 0.3 is 0 Å².